The van der Waals surface area contributed by atoms with E-state index in [4.69, 9.17) is 30.8 Å². The number of amides is 2. The molecule has 0 radical (unpaired) electrons. The average Bonchev–Trinajstić information content (AvgIpc) is 3.59. The Kier molecular flexibility index (Phi) is 10.1. The van der Waals surface area contributed by atoms with Gasteiger partial charge in [-0.3, -0.25) is 15.0 Å². The largest absolute Gasteiger partial charge is 0.452 e. The number of hydrogen-bond donors (Lipinski definition) is 2. The second kappa shape index (κ2) is 14.1. The first-order chi connectivity index (χ1) is 24.9. The number of nitro benzene ring substituents is 1. The summed E-state index contributed by atoms with van der Waals surface area (Å²) in [7, 11) is 0. The summed E-state index contributed by atoms with van der Waals surface area (Å²) in [5, 5.41) is 18.0. The molecule has 2 N–H and O–H groups in total. The van der Waals surface area contributed by atoms with E-state index in [1.54, 1.807) is 25.7 Å². The summed E-state index contributed by atoms with van der Waals surface area (Å²) in [6, 6.07) is 8.43. The Morgan fingerprint density at radius 1 is 1.04 bits per heavy atom. The molecule has 1 saturated heterocycles. The normalized spacial score (nSPS) is 22.0. The molecule has 2 aromatic carbocycles. The standard InChI is InChI=1S/C38H45ClN6O8/c1-21-16-28(51-33(46)22-8-10-23(11-9-22)45(49)50)32-29(21)31(42-20-43-32)27-17-38(14-15-44(27)35(48)53-37(5,6)7)19-41-26-13-12-25(39)24(30(26)38)18-40-34(47)52-36(2,3)4/h8-13,20-21,27-28,41H,14-19H2,1-7H3,(H,40,47)/t21-,27?,28-,38?/m1/s1. The van der Waals surface area contributed by atoms with Crippen LogP contribution in [0.2, 0.25) is 5.02 Å². The van der Waals surface area contributed by atoms with Gasteiger partial charge in [0.1, 0.15) is 23.6 Å². The van der Waals surface area contributed by atoms with Gasteiger partial charge >= 0.3 is 18.2 Å². The lowest BCUT2D eigenvalue weighted by Crippen LogP contribution is -2.50. The van der Waals surface area contributed by atoms with Crippen LogP contribution in [0.3, 0.4) is 0 Å². The van der Waals surface area contributed by atoms with Crippen LogP contribution in [0, 0.1) is 10.1 Å². The summed E-state index contributed by atoms with van der Waals surface area (Å²) in [5.41, 5.74) is 2.77. The van der Waals surface area contributed by atoms with E-state index in [1.165, 1.54) is 30.6 Å². The topological polar surface area (TPSA) is 175 Å². The third-order valence-electron chi connectivity index (χ3n) is 9.82. The third-order valence-corrected chi connectivity index (χ3v) is 10.2. The number of alkyl carbamates (subject to hydrolysis) is 1. The van der Waals surface area contributed by atoms with Crippen LogP contribution >= 0.6 is 11.6 Å². The minimum absolute atomic E-state index is 0.132. The average molecular weight is 749 g/mol. The molecule has 15 heteroatoms. The maximum Gasteiger partial charge on any atom is 0.410 e. The number of carbonyl (C=O) groups excluding carboxylic acids is 3. The van der Waals surface area contributed by atoms with E-state index in [-0.39, 0.29) is 23.7 Å². The number of benzene rings is 2. The number of rotatable bonds is 6. The van der Waals surface area contributed by atoms with Crippen molar-refractivity contribution in [3.63, 3.8) is 0 Å². The molecule has 3 heterocycles. The number of likely N-dealkylation sites (tertiary alicyclic amines) is 1. The predicted octanol–water partition coefficient (Wildman–Crippen LogP) is 7.90. The van der Waals surface area contributed by atoms with Crippen molar-refractivity contribution in [2.75, 3.05) is 18.4 Å². The number of piperidine rings is 1. The SMILES string of the molecule is C[C@@H]1C[C@@H](OC(=O)c2ccc([N+](=O)[O-])cc2)c2ncnc(C3CC4(CCN3C(=O)OC(C)(C)C)CNc3ccc(Cl)c(CNC(=O)OC(C)(C)C)c34)c21. The molecule has 1 aliphatic carbocycles. The van der Waals surface area contributed by atoms with Crippen LogP contribution in [0.15, 0.2) is 42.7 Å². The summed E-state index contributed by atoms with van der Waals surface area (Å²) < 4.78 is 17.4. The molecule has 53 heavy (non-hydrogen) atoms. The Balaban J connectivity index is 1.36. The lowest BCUT2D eigenvalue weighted by molar-refractivity contribution is -0.384. The summed E-state index contributed by atoms with van der Waals surface area (Å²) in [5.74, 6) is -0.763. The molecule has 4 atom stereocenters. The molecular weight excluding hydrogens is 704 g/mol. The van der Waals surface area contributed by atoms with E-state index < -0.39 is 51.8 Å². The van der Waals surface area contributed by atoms with Crippen molar-refractivity contribution in [3.05, 3.63) is 91.5 Å². The van der Waals surface area contributed by atoms with E-state index in [2.05, 4.69) is 15.6 Å². The van der Waals surface area contributed by atoms with Gasteiger partial charge in [0.2, 0.25) is 0 Å². The molecule has 282 valence electrons. The molecular formula is C38H45ClN6O8. The van der Waals surface area contributed by atoms with Crippen LogP contribution in [0.25, 0.3) is 0 Å². The molecule has 0 saturated carbocycles. The number of nitrogens with one attached hydrogen (secondary N) is 2. The van der Waals surface area contributed by atoms with Crippen LogP contribution in [0.4, 0.5) is 21.0 Å². The molecule has 1 aromatic heterocycles. The third kappa shape index (κ3) is 7.87. The van der Waals surface area contributed by atoms with Gasteiger partial charge in [-0.2, -0.15) is 0 Å². The van der Waals surface area contributed by atoms with Crippen LogP contribution < -0.4 is 10.6 Å². The highest BCUT2D eigenvalue weighted by molar-refractivity contribution is 6.31. The number of esters is 1. The van der Waals surface area contributed by atoms with Crippen molar-refractivity contribution in [3.8, 4) is 0 Å². The predicted molar refractivity (Wildman–Crippen MR) is 196 cm³/mol. The Morgan fingerprint density at radius 3 is 2.38 bits per heavy atom. The van der Waals surface area contributed by atoms with E-state index in [1.807, 2.05) is 39.8 Å². The number of carbonyl (C=O) groups is 3. The highest BCUT2D eigenvalue weighted by Crippen LogP contribution is 2.54. The van der Waals surface area contributed by atoms with Crippen LogP contribution in [0.1, 0.15) is 124 Å². The first kappa shape index (κ1) is 37.8. The van der Waals surface area contributed by atoms with Gasteiger partial charge < -0.3 is 24.8 Å². The van der Waals surface area contributed by atoms with E-state index in [9.17, 15) is 24.5 Å². The molecule has 3 aliphatic rings. The van der Waals surface area contributed by atoms with E-state index >= 15 is 0 Å². The molecule has 2 amide bonds. The van der Waals surface area contributed by atoms with Crippen LogP contribution in [0.5, 0.6) is 0 Å². The maximum atomic E-state index is 13.9. The fourth-order valence-corrected chi connectivity index (χ4v) is 7.87. The van der Waals surface area contributed by atoms with E-state index in [0.29, 0.717) is 48.8 Å². The number of nitro groups is 1. The van der Waals surface area contributed by atoms with Gasteiger partial charge in [-0.15, -0.1) is 0 Å². The van der Waals surface area contributed by atoms with Gasteiger partial charge in [-0.25, -0.2) is 24.4 Å². The van der Waals surface area contributed by atoms with Gasteiger partial charge in [-0.1, -0.05) is 18.5 Å². The molecule has 6 rings (SSSR count). The fourth-order valence-electron chi connectivity index (χ4n) is 7.64. The minimum Gasteiger partial charge on any atom is -0.452 e. The van der Waals surface area contributed by atoms with E-state index in [0.717, 1.165) is 22.4 Å². The molecule has 2 unspecified atom stereocenters. The summed E-state index contributed by atoms with van der Waals surface area (Å²) in [4.78, 5) is 61.5. The quantitative estimate of drug-likeness (QED) is 0.108. The molecule has 3 aromatic rings. The molecule has 2 aliphatic heterocycles. The Labute approximate surface area is 313 Å². The highest BCUT2D eigenvalue weighted by Gasteiger charge is 2.51. The van der Waals surface area contributed by atoms with Gasteiger partial charge in [0.25, 0.3) is 5.69 Å². The first-order valence-electron chi connectivity index (χ1n) is 17.7. The molecule has 0 bridgehead atoms. The van der Waals surface area contributed by atoms with Crippen LogP contribution in [-0.2, 0) is 26.2 Å². The zero-order valence-electron chi connectivity index (χ0n) is 30.9. The molecule has 1 fully saturated rings. The summed E-state index contributed by atoms with van der Waals surface area (Å²) in [6.07, 6.45) is 1.18. The number of fused-ring (bicyclic) bond motifs is 3. The lowest BCUT2D eigenvalue weighted by Gasteiger charge is -2.45. The van der Waals surface area contributed by atoms with Crippen molar-refractivity contribution in [2.45, 2.75) is 109 Å². The van der Waals surface area contributed by atoms with Crippen molar-refractivity contribution in [1.82, 2.24) is 20.2 Å². The van der Waals surface area contributed by atoms with Crippen molar-refractivity contribution < 1.29 is 33.5 Å². The van der Waals surface area contributed by atoms with Crippen molar-refractivity contribution in [2.24, 2.45) is 0 Å². The van der Waals surface area contributed by atoms with Crippen LogP contribution in [-0.4, -0.2) is 62.2 Å². The summed E-state index contributed by atoms with van der Waals surface area (Å²) in [6.45, 7) is 13.9. The number of halogens is 1. The van der Waals surface area contributed by atoms with Gasteiger partial charge in [0, 0.05) is 53.5 Å². The number of anilines is 1. The van der Waals surface area contributed by atoms with Crippen molar-refractivity contribution in [1.29, 1.82) is 0 Å². The van der Waals surface area contributed by atoms with Gasteiger partial charge in [0.05, 0.1) is 27.9 Å². The zero-order chi connectivity index (χ0) is 38.5. The number of non-ortho nitro benzene ring substituents is 1. The maximum absolute atomic E-state index is 13.9. The zero-order valence-corrected chi connectivity index (χ0v) is 31.7. The number of aromatic nitrogens is 2. The summed E-state index contributed by atoms with van der Waals surface area (Å²) >= 11 is 6.85. The smallest absolute Gasteiger partial charge is 0.410 e. The van der Waals surface area contributed by atoms with Gasteiger partial charge in [-0.05, 0) is 102 Å². The Bertz CT molecular complexity index is 1940. The van der Waals surface area contributed by atoms with Gasteiger partial charge in [0.15, 0.2) is 0 Å². The first-order valence-corrected chi connectivity index (χ1v) is 18.1. The lowest BCUT2D eigenvalue weighted by atomic mass is 9.69. The Hall–Kier alpha value is -4.98. The number of hydrogen-bond acceptors (Lipinski definition) is 11. The Morgan fingerprint density at radius 2 is 1.72 bits per heavy atom. The molecule has 14 nitrogen and oxygen atoms in total. The second-order valence-corrected chi connectivity index (χ2v) is 16.4. The number of nitrogens with zero attached hydrogens (tertiary/aromatic N) is 4. The monoisotopic (exact) mass is 748 g/mol. The van der Waals surface area contributed by atoms with Crippen molar-refractivity contribution >= 4 is 41.1 Å². The fraction of sp³-hybridized carbons (Fsp3) is 0.500. The molecule has 1 spiro atoms. The number of ether oxygens (including phenoxy) is 3. The second-order valence-electron chi connectivity index (χ2n) is 16.0. The highest BCUT2D eigenvalue weighted by atomic mass is 35.5. The minimum atomic E-state index is -0.746.